The van der Waals surface area contributed by atoms with Crippen molar-refractivity contribution in [2.45, 2.75) is 38.8 Å². The second kappa shape index (κ2) is 7.98. The van der Waals surface area contributed by atoms with Gasteiger partial charge >= 0.3 is 0 Å². The number of guanidine groups is 1. The summed E-state index contributed by atoms with van der Waals surface area (Å²) < 4.78 is 10.9. The summed E-state index contributed by atoms with van der Waals surface area (Å²) in [6.45, 7) is 7.21. The minimum Gasteiger partial charge on any atom is -0.481 e. The number of rotatable bonds is 6. The summed E-state index contributed by atoms with van der Waals surface area (Å²) in [5, 5.41) is 6.63. The van der Waals surface area contributed by atoms with Gasteiger partial charge in [-0.15, -0.1) is 0 Å². The van der Waals surface area contributed by atoms with Gasteiger partial charge in [0.05, 0.1) is 19.3 Å². The Bertz CT molecular complexity index is 499. The van der Waals surface area contributed by atoms with Crippen molar-refractivity contribution in [3.8, 4) is 5.88 Å². The highest BCUT2D eigenvalue weighted by Crippen LogP contribution is 2.23. The van der Waals surface area contributed by atoms with Crippen LogP contribution in [0.2, 0.25) is 0 Å². The number of aromatic nitrogens is 1. The number of aliphatic imine (C=N–C) groups is 1. The first-order chi connectivity index (χ1) is 10.6. The molecule has 2 rings (SSSR count). The summed E-state index contributed by atoms with van der Waals surface area (Å²) in [5.74, 6) is 1.41. The van der Waals surface area contributed by atoms with Gasteiger partial charge in [0.15, 0.2) is 5.96 Å². The van der Waals surface area contributed by atoms with Crippen LogP contribution in [0.4, 0.5) is 0 Å². The van der Waals surface area contributed by atoms with Crippen LogP contribution in [0.1, 0.15) is 32.3 Å². The van der Waals surface area contributed by atoms with Crippen molar-refractivity contribution in [1.29, 1.82) is 0 Å². The molecule has 0 bridgehead atoms. The first-order valence-electron chi connectivity index (χ1n) is 7.80. The number of pyridine rings is 1. The lowest BCUT2D eigenvalue weighted by Gasteiger charge is -2.24. The molecular formula is C16H26N4O2. The molecule has 2 N–H and O–H groups in total. The zero-order valence-electron chi connectivity index (χ0n) is 13.7. The molecule has 2 heterocycles. The zero-order valence-corrected chi connectivity index (χ0v) is 13.7. The van der Waals surface area contributed by atoms with Crippen LogP contribution in [0.3, 0.4) is 0 Å². The minimum atomic E-state index is -0.0872. The molecule has 1 aromatic heterocycles. The Morgan fingerprint density at radius 3 is 3.05 bits per heavy atom. The predicted octanol–water partition coefficient (Wildman–Crippen LogP) is 1.71. The van der Waals surface area contributed by atoms with Gasteiger partial charge in [0.1, 0.15) is 0 Å². The summed E-state index contributed by atoms with van der Waals surface area (Å²) in [6.07, 6.45) is 3.95. The second-order valence-corrected chi connectivity index (χ2v) is 5.66. The van der Waals surface area contributed by atoms with Gasteiger partial charge in [-0.25, -0.2) is 9.98 Å². The molecule has 22 heavy (non-hydrogen) atoms. The maximum absolute atomic E-state index is 5.79. The van der Waals surface area contributed by atoms with Crippen molar-refractivity contribution in [3.63, 3.8) is 0 Å². The molecule has 0 amide bonds. The Kier molecular flexibility index (Phi) is 6.00. The summed E-state index contributed by atoms with van der Waals surface area (Å²) in [5.41, 5.74) is 0.975. The van der Waals surface area contributed by atoms with Crippen molar-refractivity contribution >= 4 is 5.96 Å². The van der Waals surface area contributed by atoms with E-state index in [-0.39, 0.29) is 5.60 Å². The number of hydrogen-bond donors (Lipinski definition) is 2. The molecule has 1 unspecified atom stereocenters. The summed E-state index contributed by atoms with van der Waals surface area (Å²) in [7, 11) is 1.61. The third-order valence-corrected chi connectivity index (χ3v) is 3.70. The second-order valence-electron chi connectivity index (χ2n) is 5.66. The molecule has 122 valence electrons. The molecule has 6 heteroatoms. The molecule has 0 radical (unpaired) electrons. The lowest BCUT2D eigenvalue weighted by Crippen LogP contribution is -2.45. The number of nitrogens with zero attached hydrogens (tertiary/aromatic N) is 2. The SMILES string of the molecule is CCNC(=NCc1ccnc(OC)c1)NCC1(C)CCCO1. The van der Waals surface area contributed by atoms with Crippen LogP contribution in [0.5, 0.6) is 5.88 Å². The van der Waals surface area contributed by atoms with Crippen LogP contribution < -0.4 is 15.4 Å². The monoisotopic (exact) mass is 306 g/mol. The van der Waals surface area contributed by atoms with Crippen LogP contribution in [0.25, 0.3) is 0 Å². The molecule has 6 nitrogen and oxygen atoms in total. The van der Waals surface area contributed by atoms with E-state index >= 15 is 0 Å². The Morgan fingerprint density at radius 1 is 1.50 bits per heavy atom. The minimum absolute atomic E-state index is 0.0872. The van der Waals surface area contributed by atoms with Gasteiger partial charge in [-0.2, -0.15) is 0 Å². The van der Waals surface area contributed by atoms with E-state index in [2.05, 4.69) is 34.5 Å². The fourth-order valence-corrected chi connectivity index (χ4v) is 2.42. The van der Waals surface area contributed by atoms with Crippen molar-refractivity contribution in [2.75, 3.05) is 26.8 Å². The van der Waals surface area contributed by atoms with E-state index in [4.69, 9.17) is 9.47 Å². The van der Waals surface area contributed by atoms with E-state index < -0.39 is 0 Å². The van der Waals surface area contributed by atoms with Gasteiger partial charge < -0.3 is 20.1 Å². The van der Waals surface area contributed by atoms with Gasteiger partial charge in [0, 0.05) is 32.0 Å². The zero-order chi connectivity index (χ0) is 15.8. The molecule has 1 fully saturated rings. The topological polar surface area (TPSA) is 67.8 Å². The van der Waals surface area contributed by atoms with Crippen LogP contribution in [0.15, 0.2) is 23.3 Å². The molecule has 0 spiro atoms. The number of hydrogen-bond acceptors (Lipinski definition) is 4. The van der Waals surface area contributed by atoms with Gasteiger partial charge in [-0.05, 0) is 38.3 Å². The highest BCUT2D eigenvalue weighted by atomic mass is 16.5. The van der Waals surface area contributed by atoms with Gasteiger partial charge in [-0.3, -0.25) is 0 Å². The van der Waals surface area contributed by atoms with E-state index in [0.29, 0.717) is 12.4 Å². The van der Waals surface area contributed by atoms with Gasteiger partial charge in [-0.1, -0.05) is 0 Å². The Balaban J connectivity index is 1.93. The molecule has 1 atom stereocenters. The maximum atomic E-state index is 5.79. The Hall–Kier alpha value is -1.82. The molecule has 1 aliphatic heterocycles. The smallest absolute Gasteiger partial charge is 0.213 e. The highest BCUT2D eigenvalue weighted by molar-refractivity contribution is 5.79. The molecular weight excluding hydrogens is 280 g/mol. The van der Waals surface area contributed by atoms with Crippen LogP contribution in [-0.4, -0.2) is 43.4 Å². The van der Waals surface area contributed by atoms with E-state index in [9.17, 15) is 0 Å². The fraction of sp³-hybridized carbons (Fsp3) is 0.625. The molecule has 0 aromatic carbocycles. The van der Waals surface area contributed by atoms with Crippen molar-refractivity contribution in [2.24, 2.45) is 4.99 Å². The third-order valence-electron chi connectivity index (χ3n) is 3.70. The molecule has 0 aliphatic carbocycles. The molecule has 1 aromatic rings. The predicted molar refractivity (Wildman–Crippen MR) is 87.2 cm³/mol. The number of methoxy groups -OCH3 is 1. The average Bonchev–Trinajstić information content (AvgIpc) is 2.97. The van der Waals surface area contributed by atoms with Crippen molar-refractivity contribution in [3.05, 3.63) is 23.9 Å². The van der Waals surface area contributed by atoms with E-state index in [1.807, 2.05) is 12.1 Å². The van der Waals surface area contributed by atoms with E-state index in [1.54, 1.807) is 13.3 Å². The molecule has 1 aliphatic rings. The third kappa shape index (κ3) is 4.87. The van der Waals surface area contributed by atoms with Crippen molar-refractivity contribution in [1.82, 2.24) is 15.6 Å². The highest BCUT2D eigenvalue weighted by Gasteiger charge is 2.29. The van der Waals surface area contributed by atoms with Crippen LogP contribution >= 0.6 is 0 Å². The Morgan fingerprint density at radius 2 is 2.36 bits per heavy atom. The number of nitrogens with one attached hydrogen (secondary N) is 2. The molecule has 1 saturated heterocycles. The quantitative estimate of drug-likeness (QED) is 0.619. The lowest BCUT2D eigenvalue weighted by molar-refractivity contribution is 0.0243. The van der Waals surface area contributed by atoms with Crippen molar-refractivity contribution < 1.29 is 9.47 Å². The van der Waals surface area contributed by atoms with Crippen LogP contribution in [0, 0.1) is 0 Å². The normalized spacial score (nSPS) is 21.7. The first kappa shape index (κ1) is 16.5. The van der Waals surface area contributed by atoms with E-state index in [0.717, 1.165) is 44.1 Å². The lowest BCUT2D eigenvalue weighted by atomic mass is 10.0. The summed E-state index contributed by atoms with van der Waals surface area (Å²) >= 11 is 0. The largest absolute Gasteiger partial charge is 0.481 e. The molecule has 0 saturated carbocycles. The first-order valence-corrected chi connectivity index (χ1v) is 7.80. The maximum Gasteiger partial charge on any atom is 0.213 e. The summed E-state index contributed by atoms with van der Waals surface area (Å²) in [4.78, 5) is 8.71. The summed E-state index contributed by atoms with van der Waals surface area (Å²) in [6, 6.07) is 3.84. The Labute approximate surface area is 132 Å². The number of ether oxygens (including phenoxy) is 2. The van der Waals surface area contributed by atoms with Crippen LogP contribution in [-0.2, 0) is 11.3 Å². The fourth-order valence-electron chi connectivity index (χ4n) is 2.42. The standard InChI is InChI=1S/C16H26N4O2/c1-4-17-15(20-12-16(2)7-5-9-22-16)19-11-13-6-8-18-14(10-13)21-3/h6,8,10H,4-5,7,9,11-12H2,1-3H3,(H2,17,19,20). The van der Waals surface area contributed by atoms with Gasteiger partial charge in [0.25, 0.3) is 0 Å². The van der Waals surface area contributed by atoms with Gasteiger partial charge in [0.2, 0.25) is 5.88 Å². The van der Waals surface area contributed by atoms with E-state index in [1.165, 1.54) is 0 Å². The average molecular weight is 306 g/mol.